The number of rotatable bonds is 3. The lowest BCUT2D eigenvalue weighted by molar-refractivity contribution is 0.800. The predicted molar refractivity (Wildman–Crippen MR) is 58.3 cm³/mol. The predicted octanol–water partition coefficient (Wildman–Crippen LogP) is 3.41. The van der Waals surface area contributed by atoms with Crippen LogP contribution in [0.5, 0.6) is 0 Å². The van der Waals surface area contributed by atoms with Crippen LogP contribution in [0.3, 0.4) is 0 Å². The maximum absolute atomic E-state index is 6.01. The van der Waals surface area contributed by atoms with E-state index in [4.69, 9.17) is 11.6 Å². The van der Waals surface area contributed by atoms with Gasteiger partial charge in [0.15, 0.2) is 4.34 Å². The third-order valence-corrected chi connectivity index (χ3v) is 4.10. The molecule has 0 unspecified atom stereocenters. The number of hydrogen-bond donors (Lipinski definition) is 0. The molecule has 0 atom stereocenters. The van der Waals surface area contributed by atoms with Crippen LogP contribution in [0.2, 0.25) is 0 Å². The van der Waals surface area contributed by atoms with Gasteiger partial charge in [0.05, 0.1) is 0 Å². The summed E-state index contributed by atoms with van der Waals surface area (Å²) in [5, 5.41) is 0. The first-order chi connectivity index (χ1) is 5.47. The van der Waals surface area contributed by atoms with Gasteiger partial charge in [-0.05, 0) is 41.3 Å². The molecule has 1 aromatic heterocycles. The van der Waals surface area contributed by atoms with Crippen LogP contribution in [0.4, 0.5) is 0 Å². The molecule has 0 N–H and O–H groups in total. The summed E-state index contributed by atoms with van der Waals surface area (Å²) in [6.07, 6.45) is 0. The van der Waals surface area contributed by atoms with Crippen molar-refractivity contribution in [2.45, 2.75) is 23.1 Å². The van der Waals surface area contributed by atoms with E-state index in [0.29, 0.717) is 4.73 Å². The average Bonchev–Trinajstić information content (AvgIpc) is 2.30. The molecule has 0 radical (unpaired) electrons. The highest BCUT2D eigenvalue weighted by Crippen LogP contribution is 2.28. The maximum Gasteiger partial charge on any atom is 0.210 e. The molecule has 12 heavy (non-hydrogen) atoms. The van der Waals surface area contributed by atoms with Gasteiger partial charge < -0.3 is 0 Å². The first-order valence-corrected chi connectivity index (χ1v) is 6.21. The molecule has 0 bridgehead atoms. The maximum atomic E-state index is 6.01. The van der Waals surface area contributed by atoms with E-state index in [0.717, 1.165) is 10.1 Å². The molecule has 2 nitrogen and oxygen atoms in total. The second-order valence-corrected chi connectivity index (χ2v) is 6.54. The Morgan fingerprint density at radius 2 is 2.33 bits per heavy atom. The van der Waals surface area contributed by atoms with Gasteiger partial charge in [-0.3, -0.25) is 0 Å². The molecule has 0 spiro atoms. The monoisotopic (exact) mass is 286 g/mol. The van der Waals surface area contributed by atoms with Crippen molar-refractivity contribution in [2.24, 2.45) is 0 Å². The van der Waals surface area contributed by atoms with Crippen molar-refractivity contribution in [2.75, 3.05) is 5.75 Å². The van der Waals surface area contributed by atoms with E-state index in [9.17, 15) is 0 Å². The molecule has 68 valence electrons. The van der Waals surface area contributed by atoms with Gasteiger partial charge in [-0.2, -0.15) is 4.37 Å². The molecule has 0 saturated heterocycles. The standard InChI is InChI=1S/C6H8BrClN2S2/c1-6(2,8)3-11-5-9-4(7)10-12-5/h3H2,1-2H3. The number of thioether (sulfide) groups is 1. The van der Waals surface area contributed by atoms with Crippen LogP contribution >= 0.6 is 50.8 Å². The molecule has 0 aliphatic carbocycles. The van der Waals surface area contributed by atoms with Gasteiger partial charge in [0.2, 0.25) is 4.73 Å². The molecular weight excluding hydrogens is 280 g/mol. The van der Waals surface area contributed by atoms with E-state index in [-0.39, 0.29) is 4.87 Å². The van der Waals surface area contributed by atoms with E-state index in [1.165, 1.54) is 11.5 Å². The van der Waals surface area contributed by atoms with Crippen molar-refractivity contribution in [1.29, 1.82) is 0 Å². The van der Waals surface area contributed by atoms with Crippen molar-refractivity contribution in [3.63, 3.8) is 0 Å². The Kier molecular flexibility index (Phi) is 3.82. The fourth-order valence-electron chi connectivity index (χ4n) is 0.485. The number of halogens is 2. The zero-order valence-corrected chi connectivity index (χ0v) is 10.6. The summed E-state index contributed by atoms with van der Waals surface area (Å²) in [5.74, 6) is 0.843. The number of nitrogens with zero attached hydrogens (tertiary/aromatic N) is 2. The Morgan fingerprint density at radius 1 is 1.67 bits per heavy atom. The van der Waals surface area contributed by atoms with Gasteiger partial charge >= 0.3 is 0 Å². The van der Waals surface area contributed by atoms with E-state index < -0.39 is 0 Å². The van der Waals surface area contributed by atoms with Gasteiger partial charge in [-0.1, -0.05) is 11.8 Å². The second kappa shape index (κ2) is 4.26. The highest BCUT2D eigenvalue weighted by Gasteiger charge is 2.14. The average molecular weight is 288 g/mol. The summed E-state index contributed by atoms with van der Waals surface area (Å²) in [7, 11) is 0. The number of aromatic nitrogens is 2. The molecule has 1 aromatic rings. The smallest absolute Gasteiger partial charge is 0.202 e. The molecule has 0 amide bonds. The van der Waals surface area contributed by atoms with Crippen LogP contribution < -0.4 is 0 Å². The molecule has 0 aliphatic heterocycles. The zero-order chi connectivity index (χ0) is 9.19. The van der Waals surface area contributed by atoms with Gasteiger partial charge in [0, 0.05) is 10.6 Å². The van der Waals surface area contributed by atoms with Crippen molar-refractivity contribution in [3.05, 3.63) is 4.73 Å². The summed E-state index contributed by atoms with van der Waals surface area (Å²) < 4.78 is 5.61. The van der Waals surface area contributed by atoms with Crippen molar-refractivity contribution in [3.8, 4) is 0 Å². The Balaban J connectivity index is 2.44. The number of hydrogen-bond acceptors (Lipinski definition) is 4. The first kappa shape index (κ1) is 10.8. The summed E-state index contributed by atoms with van der Waals surface area (Å²) in [5.41, 5.74) is 0. The summed E-state index contributed by atoms with van der Waals surface area (Å²) >= 11 is 12.2. The highest BCUT2D eigenvalue weighted by molar-refractivity contribution is 9.10. The summed E-state index contributed by atoms with van der Waals surface area (Å²) in [6, 6.07) is 0. The topological polar surface area (TPSA) is 25.8 Å². The largest absolute Gasteiger partial charge is 0.210 e. The van der Waals surface area contributed by atoms with Gasteiger partial charge in [0.1, 0.15) is 0 Å². The highest BCUT2D eigenvalue weighted by atomic mass is 79.9. The fraction of sp³-hybridized carbons (Fsp3) is 0.667. The molecule has 6 heteroatoms. The van der Waals surface area contributed by atoms with Crippen molar-refractivity contribution < 1.29 is 0 Å². The zero-order valence-electron chi connectivity index (χ0n) is 6.67. The van der Waals surface area contributed by atoms with Crippen LogP contribution in [0.15, 0.2) is 9.07 Å². The molecule has 0 aromatic carbocycles. The summed E-state index contributed by atoms with van der Waals surface area (Å²) in [6.45, 7) is 3.97. The quantitative estimate of drug-likeness (QED) is 0.629. The minimum Gasteiger partial charge on any atom is -0.202 e. The lowest BCUT2D eigenvalue weighted by atomic mass is 10.3. The van der Waals surface area contributed by atoms with Crippen LogP contribution in [-0.2, 0) is 0 Å². The minimum atomic E-state index is -0.178. The van der Waals surface area contributed by atoms with Crippen LogP contribution in [0, 0.1) is 0 Å². The van der Waals surface area contributed by atoms with Crippen LogP contribution in [-0.4, -0.2) is 20.0 Å². The second-order valence-electron chi connectivity index (χ2n) is 2.84. The lowest BCUT2D eigenvalue weighted by Crippen LogP contribution is -2.13. The fourth-order valence-corrected chi connectivity index (χ4v) is 2.72. The Hall–Kier alpha value is 0.680. The van der Waals surface area contributed by atoms with E-state index in [2.05, 4.69) is 25.3 Å². The molecule has 0 aliphatic rings. The van der Waals surface area contributed by atoms with Crippen molar-refractivity contribution in [1.82, 2.24) is 9.36 Å². The Morgan fingerprint density at radius 3 is 2.75 bits per heavy atom. The lowest BCUT2D eigenvalue weighted by Gasteiger charge is -2.12. The van der Waals surface area contributed by atoms with Gasteiger partial charge in [-0.15, -0.1) is 11.6 Å². The third-order valence-electron chi connectivity index (χ3n) is 0.921. The number of alkyl halides is 1. The molecule has 0 fully saturated rings. The van der Waals surface area contributed by atoms with Crippen molar-refractivity contribution >= 4 is 50.8 Å². The van der Waals surface area contributed by atoms with Crippen LogP contribution in [0.25, 0.3) is 0 Å². The van der Waals surface area contributed by atoms with Gasteiger partial charge in [0.25, 0.3) is 0 Å². The third kappa shape index (κ3) is 4.07. The SMILES string of the molecule is CC(C)(Cl)CSc1nc(Br)ns1. The van der Waals surface area contributed by atoms with Gasteiger partial charge in [-0.25, -0.2) is 4.98 Å². The summed E-state index contributed by atoms with van der Waals surface area (Å²) in [4.78, 5) is 3.96. The molecule has 0 saturated carbocycles. The molecular formula is C6H8BrClN2S2. The van der Waals surface area contributed by atoms with E-state index in [1.807, 2.05) is 13.8 Å². The first-order valence-electron chi connectivity index (χ1n) is 3.28. The van der Waals surface area contributed by atoms with E-state index in [1.54, 1.807) is 11.8 Å². The normalized spacial score (nSPS) is 12.0. The Labute approximate surface area is 93.4 Å². The van der Waals surface area contributed by atoms with E-state index >= 15 is 0 Å². The molecule has 1 rings (SSSR count). The van der Waals surface area contributed by atoms with Crippen LogP contribution in [0.1, 0.15) is 13.8 Å². The minimum absolute atomic E-state index is 0.178. The molecule has 1 heterocycles. The Bertz CT molecular complexity index is 258.